The smallest absolute Gasteiger partial charge is 2.00 e. The molecule has 0 spiro atoms. The van der Waals surface area contributed by atoms with E-state index in [1.54, 1.807) is 0 Å². The average Bonchev–Trinajstić information content (AvgIpc) is 2.21. The first kappa shape index (κ1) is 27.5. The summed E-state index contributed by atoms with van der Waals surface area (Å²) < 4.78 is 13.4. The molecule has 0 bridgehead atoms. The van der Waals surface area contributed by atoms with Gasteiger partial charge in [-0.05, 0) is 13.8 Å². The number of carboxylic acids is 2. The van der Waals surface area contributed by atoms with E-state index in [0.717, 1.165) is 22.7 Å². The van der Waals surface area contributed by atoms with Crippen molar-refractivity contribution in [2.24, 2.45) is 0 Å². The second kappa shape index (κ2) is 23.3. The standard InChI is InChI=1S/2C4H9.2C2H4O2.O.Sn.Zn/c2*1-3-4-2;2*1-2(3)4;;;/h2*1,3-4H2,2H3;2*1H3,(H,3,4);;;/q;;;;;;+2/p-2. The van der Waals surface area contributed by atoms with Crippen LogP contribution in [0.1, 0.15) is 53.4 Å². The molecule has 0 unspecified atom stereocenters. The first-order valence-electron chi connectivity index (χ1n) is 6.14. The van der Waals surface area contributed by atoms with Crippen molar-refractivity contribution in [2.45, 2.75) is 62.3 Å². The number of hydrogen-bond donors (Lipinski definition) is 0. The third-order valence-electron chi connectivity index (χ3n) is 1.62. The number of carbonyl (C=O) groups excluding carboxylic acids is 2. The van der Waals surface area contributed by atoms with Gasteiger partial charge in [0.25, 0.3) is 0 Å². The molecule has 19 heavy (non-hydrogen) atoms. The van der Waals surface area contributed by atoms with E-state index >= 15 is 0 Å². The zero-order valence-corrected chi connectivity index (χ0v) is 18.3. The van der Waals surface area contributed by atoms with Crippen molar-refractivity contribution in [1.29, 1.82) is 0 Å². The zero-order chi connectivity index (χ0) is 15.0. The Balaban J connectivity index is -0.000000105. The molecule has 0 atom stereocenters. The molecule has 7 heteroatoms. The van der Waals surface area contributed by atoms with Gasteiger partial charge in [0.2, 0.25) is 0 Å². The summed E-state index contributed by atoms with van der Waals surface area (Å²) in [6.45, 7) is 6.27. The quantitative estimate of drug-likeness (QED) is 0.570. The third kappa shape index (κ3) is 71.2. The average molecular weight is 432 g/mol. The summed E-state index contributed by atoms with van der Waals surface area (Å²) in [5.41, 5.74) is 0. The molecular formula is C12H24O5SnZn. The van der Waals surface area contributed by atoms with E-state index in [1.807, 2.05) is 0 Å². The Kier molecular flexibility index (Phi) is 33.7. The SMILES string of the molecule is CC(=O)[O-].CC(=O)[O-].CCC[CH2][Sn](=[O])[CH2]CCC.[Zn+2]. The summed E-state index contributed by atoms with van der Waals surface area (Å²) in [6.07, 6.45) is 4.81. The normalized spacial score (nSPS) is 7.79. The predicted octanol–water partition coefficient (Wildman–Crippen LogP) is 0.518. The van der Waals surface area contributed by atoms with Gasteiger partial charge in [0, 0.05) is 11.9 Å². The van der Waals surface area contributed by atoms with E-state index < -0.39 is 31.7 Å². The van der Waals surface area contributed by atoms with Crippen LogP contribution in [-0.2, 0) is 32.1 Å². The molecule has 0 N–H and O–H groups in total. The van der Waals surface area contributed by atoms with Crippen molar-refractivity contribution in [1.82, 2.24) is 0 Å². The second-order valence-electron chi connectivity index (χ2n) is 3.73. The molecule has 0 aromatic carbocycles. The minimum Gasteiger partial charge on any atom is 2.00 e. The second-order valence-corrected chi connectivity index (χ2v) is 9.66. The topological polar surface area (TPSA) is 97.3 Å². The molecule has 0 radical (unpaired) electrons. The number of unbranched alkanes of at least 4 members (excludes halogenated alkanes) is 2. The van der Waals surface area contributed by atoms with Gasteiger partial charge in [-0.1, -0.05) is 0 Å². The van der Waals surface area contributed by atoms with Gasteiger partial charge in [0.1, 0.15) is 0 Å². The summed E-state index contributed by atoms with van der Waals surface area (Å²) in [6, 6.07) is 0. The van der Waals surface area contributed by atoms with Gasteiger partial charge in [0.15, 0.2) is 0 Å². The van der Waals surface area contributed by atoms with Crippen LogP contribution in [0.15, 0.2) is 0 Å². The van der Waals surface area contributed by atoms with Crippen LogP contribution >= 0.6 is 0 Å². The van der Waals surface area contributed by atoms with Crippen LogP contribution in [0.25, 0.3) is 0 Å². The van der Waals surface area contributed by atoms with Crippen molar-refractivity contribution < 1.29 is 42.4 Å². The monoisotopic (exact) mass is 432 g/mol. The number of carboxylic acid groups (broad SMARTS) is 2. The summed E-state index contributed by atoms with van der Waals surface area (Å²) in [5, 5.41) is 17.8. The van der Waals surface area contributed by atoms with Crippen molar-refractivity contribution in [2.75, 3.05) is 0 Å². The van der Waals surface area contributed by atoms with E-state index in [-0.39, 0.29) is 19.5 Å². The van der Waals surface area contributed by atoms with Crippen LogP contribution < -0.4 is 10.2 Å². The number of carbonyl (C=O) groups is 2. The number of rotatable bonds is 6. The number of aliphatic carboxylic acids is 2. The molecule has 0 heterocycles. The van der Waals surface area contributed by atoms with E-state index in [0.29, 0.717) is 0 Å². The molecule has 0 aromatic rings. The third-order valence-corrected chi connectivity index (χ3v) is 6.82. The first-order chi connectivity index (χ1) is 8.27. The Bertz CT molecular complexity index is 204. The largest absolute Gasteiger partial charge is 2.00 e. The summed E-state index contributed by atoms with van der Waals surface area (Å²) in [5.74, 6) is -2.17. The molecule has 0 aliphatic heterocycles. The fourth-order valence-corrected chi connectivity index (χ4v) is 5.86. The van der Waals surface area contributed by atoms with Crippen molar-refractivity contribution in [3.8, 4) is 0 Å². The Morgan fingerprint density at radius 2 is 1.11 bits per heavy atom. The minimum absolute atomic E-state index is 0. The van der Waals surface area contributed by atoms with Gasteiger partial charge in [-0.3, -0.25) is 0 Å². The molecule has 0 aliphatic carbocycles. The van der Waals surface area contributed by atoms with Crippen molar-refractivity contribution >= 4 is 31.7 Å². The van der Waals surface area contributed by atoms with Crippen molar-refractivity contribution in [3.63, 3.8) is 0 Å². The molecule has 0 amide bonds. The van der Waals surface area contributed by atoms with Gasteiger partial charge >= 0.3 is 90.7 Å². The molecule has 0 aromatic heterocycles. The molecule has 0 saturated heterocycles. The predicted molar refractivity (Wildman–Crippen MR) is 67.2 cm³/mol. The van der Waals surface area contributed by atoms with E-state index in [1.165, 1.54) is 25.7 Å². The van der Waals surface area contributed by atoms with Crippen LogP contribution in [0.4, 0.5) is 0 Å². The van der Waals surface area contributed by atoms with Crippen LogP contribution in [-0.4, -0.2) is 31.7 Å². The Morgan fingerprint density at radius 3 is 1.26 bits per heavy atom. The minimum atomic E-state index is -1.99. The maximum absolute atomic E-state index is 11.2. The molecule has 0 rings (SSSR count). The molecule has 0 aliphatic rings. The first-order valence-corrected chi connectivity index (χ1v) is 11.3. The number of hydrogen-bond acceptors (Lipinski definition) is 5. The van der Waals surface area contributed by atoms with Crippen LogP contribution in [0.2, 0.25) is 8.87 Å². The molecule has 0 saturated carbocycles. The molecule has 108 valence electrons. The zero-order valence-electron chi connectivity index (χ0n) is 12.5. The summed E-state index contributed by atoms with van der Waals surface area (Å²) in [4.78, 5) is 17.8. The van der Waals surface area contributed by atoms with E-state index in [2.05, 4.69) is 13.8 Å². The maximum Gasteiger partial charge on any atom is 2.00 e. The summed E-state index contributed by atoms with van der Waals surface area (Å²) >= 11 is -1.99. The summed E-state index contributed by atoms with van der Waals surface area (Å²) in [7, 11) is 0. The van der Waals surface area contributed by atoms with Crippen molar-refractivity contribution in [3.05, 3.63) is 0 Å². The Labute approximate surface area is 136 Å². The molecular weight excluding hydrogens is 408 g/mol. The van der Waals surface area contributed by atoms with E-state index in [4.69, 9.17) is 19.8 Å². The van der Waals surface area contributed by atoms with Gasteiger partial charge < -0.3 is 19.8 Å². The van der Waals surface area contributed by atoms with Crippen LogP contribution in [0.3, 0.4) is 0 Å². The fraction of sp³-hybridized carbons (Fsp3) is 0.833. The Morgan fingerprint density at radius 1 is 0.895 bits per heavy atom. The molecule has 0 fully saturated rings. The van der Waals surface area contributed by atoms with Gasteiger partial charge in [-0.25, -0.2) is 0 Å². The van der Waals surface area contributed by atoms with Crippen LogP contribution in [0.5, 0.6) is 0 Å². The van der Waals surface area contributed by atoms with Crippen LogP contribution in [0, 0.1) is 0 Å². The van der Waals surface area contributed by atoms with Gasteiger partial charge in [-0.15, -0.1) is 0 Å². The van der Waals surface area contributed by atoms with E-state index in [9.17, 15) is 3.08 Å². The Hall–Kier alpha value is 0.162. The molecule has 5 nitrogen and oxygen atoms in total. The van der Waals surface area contributed by atoms with Gasteiger partial charge in [-0.2, -0.15) is 0 Å². The fourth-order valence-electron chi connectivity index (χ4n) is 0.873. The van der Waals surface area contributed by atoms with Gasteiger partial charge in [0.05, 0.1) is 0 Å². The maximum atomic E-state index is 11.2.